The Kier molecular flexibility index (Phi) is 3.49. The zero-order chi connectivity index (χ0) is 13.9. The second-order valence-electron chi connectivity index (χ2n) is 4.50. The molecule has 0 unspecified atom stereocenters. The largest absolute Gasteiger partial charge is 0.508 e. The minimum atomic E-state index is -0.249. The van der Waals surface area contributed by atoms with Crippen molar-refractivity contribution in [2.24, 2.45) is 5.73 Å². The Labute approximate surface area is 120 Å². The summed E-state index contributed by atoms with van der Waals surface area (Å²) in [7, 11) is 0. The van der Waals surface area contributed by atoms with Gasteiger partial charge in [-0.15, -0.1) is 11.3 Å². The van der Waals surface area contributed by atoms with Crippen molar-refractivity contribution in [2.45, 2.75) is 12.5 Å². The molecule has 102 valence electrons. The van der Waals surface area contributed by atoms with E-state index >= 15 is 0 Å². The molecule has 0 fully saturated rings. The Hall–Kier alpha value is -2.18. The number of aromatic nitrogens is 3. The molecule has 0 bridgehead atoms. The third-order valence-electron chi connectivity index (χ3n) is 2.99. The number of aromatic amines is 1. The first-order valence-electron chi connectivity index (χ1n) is 6.22. The molecule has 0 radical (unpaired) electrons. The lowest BCUT2D eigenvalue weighted by Crippen LogP contribution is -2.15. The van der Waals surface area contributed by atoms with Gasteiger partial charge in [0.05, 0.1) is 10.9 Å². The van der Waals surface area contributed by atoms with E-state index in [0.717, 1.165) is 10.4 Å². The molecule has 0 spiro atoms. The fourth-order valence-electron chi connectivity index (χ4n) is 1.94. The fourth-order valence-corrected chi connectivity index (χ4v) is 2.60. The van der Waals surface area contributed by atoms with Crippen LogP contribution in [-0.4, -0.2) is 20.3 Å². The third-order valence-corrected chi connectivity index (χ3v) is 3.85. The van der Waals surface area contributed by atoms with Crippen molar-refractivity contribution in [1.82, 2.24) is 15.2 Å². The van der Waals surface area contributed by atoms with Crippen molar-refractivity contribution in [2.75, 3.05) is 0 Å². The molecule has 1 aromatic carbocycles. The number of rotatable bonds is 4. The average molecular weight is 286 g/mol. The lowest BCUT2D eigenvalue weighted by atomic mass is 10.1. The van der Waals surface area contributed by atoms with Crippen LogP contribution in [0.5, 0.6) is 5.75 Å². The first kappa shape index (κ1) is 12.8. The number of nitrogens with two attached hydrogens (primary N) is 1. The molecule has 3 aromatic rings. The molecule has 5 nitrogen and oxygen atoms in total. The standard InChI is InChI=1S/C14H14N4OS/c15-11(8-9-3-5-10(19)6-4-9)13-16-14(18-17-13)12-2-1-7-20-12/h1-7,11,19H,8,15H2,(H,16,17,18)/t11-/m1/s1. The Bertz CT molecular complexity index is 676. The highest BCUT2D eigenvalue weighted by molar-refractivity contribution is 7.13. The number of H-pyrrole nitrogens is 1. The van der Waals surface area contributed by atoms with E-state index in [0.29, 0.717) is 18.1 Å². The van der Waals surface area contributed by atoms with Crippen LogP contribution in [0.2, 0.25) is 0 Å². The van der Waals surface area contributed by atoms with Gasteiger partial charge in [-0.05, 0) is 35.6 Å². The highest BCUT2D eigenvalue weighted by atomic mass is 32.1. The molecule has 20 heavy (non-hydrogen) atoms. The summed E-state index contributed by atoms with van der Waals surface area (Å²) in [4.78, 5) is 5.45. The molecular weight excluding hydrogens is 272 g/mol. The molecule has 0 saturated heterocycles. The van der Waals surface area contributed by atoms with Crippen molar-refractivity contribution >= 4 is 11.3 Å². The van der Waals surface area contributed by atoms with Gasteiger partial charge in [0, 0.05) is 0 Å². The summed E-state index contributed by atoms with van der Waals surface area (Å²) in [6, 6.07) is 10.7. The summed E-state index contributed by atoms with van der Waals surface area (Å²) in [5.74, 6) is 1.60. The van der Waals surface area contributed by atoms with Gasteiger partial charge < -0.3 is 10.8 Å². The van der Waals surface area contributed by atoms with E-state index in [2.05, 4.69) is 15.2 Å². The second-order valence-corrected chi connectivity index (χ2v) is 5.45. The Morgan fingerprint density at radius 1 is 1.25 bits per heavy atom. The maximum absolute atomic E-state index is 9.26. The smallest absolute Gasteiger partial charge is 0.191 e. The molecule has 6 heteroatoms. The number of nitrogens with zero attached hydrogens (tertiary/aromatic N) is 2. The number of hydrogen-bond donors (Lipinski definition) is 3. The normalized spacial score (nSPS) is 12.4. The summed E-state index contributed by atoms with van der Waals surface area (Å²) in [5, 5.41) is 18.3. The van der Waals surface area contributed by atoms with Gasteiger partial charge in [-0.1, -0.05) is 18.2 Å². The first-order chi connectivity index (χ1) is 9.72. The van der Waals surface area contributed by atoms with E-state index < -0.39 is 0 Å². The summed E-state index contributed by atoms with van der Waals surface area (Å²) < 4.78 is 0. The van der Waals surface area contributed by atoms with Crippen LogP contribution in [-0.2, 0) is 6.42 Å². The summed E-state index contributed by atoms with van der Waals surface area (Å²) in [6.07, 6.45) is 0.638. The summed E-state index contributed by atoms with van der Waals surface area (Å²) in [5.41, 5.74) is 7.18. The quantitative estimate of drug-likeness (QED) is 0.687. The zero-order valence-corrected chi connectivity index (χ0v) is 11.5. The molecule has 0 aliphatic heterocycles. The molecule has 0 saturated carbocycles. The van der Waals surface area contributed by atoms with E-state index in [1.165, 1.54) is 0 Å². The molecule has 4 N–H and O–H groups in total. The van der Waals surface area contributed by atoms with E-state index in [1.807, 2.05) is 29.6 Å². The number of nitrogens with one attached hydrogen (secondary N) is 1. The number of phenolic OH excluding ortho intramolecular Hbond substituents is 1. The number of phenols is 1. The van der Waals surface area contributed by atoms with Crippen molar-refractivity contribution < 1.29 is 5.11 Å². The molecule has 0 amide bonds. The van der Waals surface area contributed by atoms with Gasteiger partial charge in [0.25, 0.3) is 0 Å². The Balaban J connectivity index is 1.74. The van der Waals surface area contributed by atoms with Crippen molar-refractivity contribution in [3.8, 4) is 16.5 Å². The van der Waals surface area contributed by atoms with Crippen LogP contribution in [0, 0.1) is 0 Å². The van der Waals surface area contributed by atoms with Crippen LogP contribution in [0.3, 0.4) is 0 Å². The lowest BCUT2D eigenvalue weighted by Gasteiger charge is -2.08. The van der Waals surface area contributed by atoms with Crippen LogP contribution in [0.1, 0.15) is 17.4 Å². The Morgan fingerprint density at radius 2 is 2.05 bits per heavy atom. The van der Waals surface area contributed by atoms with Crippen LogP contribution < -0.4 is 5.73 Å². The van der Waals surface area contributed by atoms with Gasteiger partial charge in [0.1, 0.15) is 11.6 Å². The summed E-state index contributed by atoms with van der Waals surface area (Å²) in [6.45, 7) is 0. The van der Waals surface area contributed by atoms with Gasteiger partial charge in [-0.25, -0.2) is 4.98 Å². The van der Waals surface area contributed by atoms with Crippen molar-refractivity contribution in [3.05, 3.63) is 53.2 Å². The van der Waals surface area contributed by atoms with E-state index in [9.17, 15) is 5.11 Å². The maximum Gasteiger partial charge on any atom is 0.191 e. The number of thiophene rings is 1. The van der Waals surface area contributed by atoms with E-state index in [4.69, 9.17) is 5.73 Å². The number of benzene rings is 1. The van der Waals surface area contributed by atoms with Gasteiger partial charge >= 0.3 is 0 Å². The summed E-state index contributed by atoms with van der Waals surface area (Å²) >= 11 is 1.59. The van der Waals surface area contributed by atoms with Crippen LogP contribution in [0.15, 0.2) is 41.8 Å². The fraction of sp³-hybridized carbons (Fsp3) is 0.143. The van der Waals surface area contributed by atoms with Crippen LogP contribution in [0.4, 0.5) is 0 Å². The SMILES string of the molecule is N[C@H](Cc1ccc(O)cc1)c1nc(-c2cccs2)n[nH]1. The number of hydrogen-bond acceptors (Lipinski definition) is 5. The van der Waals surface area contributed by atoms with E-state index in [1.54, 1.807) is 23.5 Å². The predicted molar refractivity (Wildman–Crippen MR) is 78.4 cm³/mol. The van der Waals surface area contributed by atoms with Gasteiger partial charge in [-0.3, -0.25) is 5.10 Å². The topological polar surface area (TPSA) is 87.8 Å². The highest BCUT2D eigenvalue weighted by Gasteiger charge is 2.13. The monoisotopic (exact) mass is 286 g/mol. The second kappa shape index (κ2) is 5.44. The average Bonchev–Trinajstić information content (AvgIpc) is 3.11. The van der Waals surface area contributed by atoms with Gasteiger partial charge in [0.15, 0.2) is 5.82 Å². The minimum absolute atomic E-state index is 0.249. The Morgan fingerprint density at radius 3 is 2.75 bits per heavy atom. The minimum Gasteiger partial charge on any atom is -0.508 e. The molecule has 0 aliphatic carbocycles. The number of aromatic hydroxyl groups is 1. The molecule has 2 heterocycles. The van der Waals surface area contributed by atoms with Gasteiger partial charge in [0.2, 0.25) is 0 Å². The molecule has 1 atom stereocenters. The maximum atomic E-state index is 9.26. The molecular formula is C14H14N4OS. The van der Waals surface area contributed by atoms with Crippen LogP contribution in [0.25, 0.3) is 10.7 Å². The molecule has 2 aromatic heterocycles. The zero-order valence-electron chi connectivity index (χ0n) is 10.7. The van der Waals surface area contributed by atoms with Crippen molar-refractivity contribution in [3.63, 3.8) is 0 Å². The predicted octanol–water partition coefficient (Wildman–Crippen LogP) is 2.48. The third kappa shape index (κ3) is 2.71. The molecule has 0 aliphatic rings. The lowest BCUT2D eigenvalue weighted by molar-refractivity contribution is 0.475. The van der Waals surface area contributed by atoms with E-state index in [-0.39, 0.29) is 11.8 Å². The van der Waals surface area contributed by atoms with Gasteiger partial charge in [-0.2, -0.15) is 5.10 Å². The van der Waals surface area contributed by atoms with Crippen LogP contribution >= 0.6 is 11.3 Å². The first-order valence-corrected chi connectivity index (χ1v) is 7.10. The van der Waals surface area contributed by atoms with Crippen molar-refractivity contribution in [1.29, 1.82) is 0 Å². The molecule has 3 rings (SSSR count). The highest BCUT2D eigenvalue weighted by Crippen LogP contribution is 2.22.